The minimum absolute atomic E-state index is 0.427. The van der Waals surface area contributed by atoms with Crippen molar-refractivity contribution in [2.24, 2.45) is 0 Å². The molecule has 23 heavy (non-hydrogen) atoms. The Hall–Kier alpha value is -0.720. The maximum absolute atomic E-state index is 6.03. The normalized spacial score (nSPS) is 15.9. The Balaban J connectivity index is 1.48. The first kappa shape index (κ1) is 17.1. The highest BCUT2D eigenvalue weighted by Gasteiger charge is 2.11. The van der Waals surface area contributed by atoms with Crippen LogP contribution in [0.4, 0.5) is 0 Å². The molecule has 0 aliphatic carbocycles. The second-order valence-corrected chi connectivity index (χ2v) is 7.35. The molecule has 1 aliphatic heterocycles. The Morgan fingerprint density at radius 1 is 1.17 bits per heavy atom. The molecule has 7 heteroatoms. The molecule has 0 bridgehead atoms. The Bertz CT molecular complexity index is 645. The number of aromatic nitrogens is 1. The Labute approximate surface area is 150 Å². The van der Waals surface area contributed by atoms with Crippen LogP contribution < -0.4 is 0 Å². The van der Waals surface area contributed by atoms with Crippen LogP contribution in [0.1, 0.15) is 5.76 Å². The van der Waals surface area contributed by atoms with Gasteiger partial charge in [-0.15, -0.1) is 0 Å². The molecule has 124 valence electrons. The zero-order valence-corrected chi connectivity index (χ0v) is 15.0. The van der Waals surface area contributed by atoms with Crippen LogP contribution in [0.2, 0.25) is 10.0 Å². The van der Waals surface area contributed by atoms with Gasteiger partial charge in [0.1, 0.15) is 12.3 Å². The van der Waals surface area contributed by atoms with E-state index in [4.69, 9.17) is 32.5 Å². The highest BCUT2D eigenvalue weighted by molar-refractivity contribution is 7.99. The van der Waals surface area contributed by atoms with Crippen molar-refractivity contribution in [3.05, 3.63) is 40.1 Å². The Morgan fingerprint density at radius 2 is 2.00 bits per heavy atom. The van der Waals surface area contributed by atoms with E-state index in [1.54, 1.807) is 12.1 Å². The van der Waals surface area contributed by atoms with Gasteiger partial charge < -0.3 is 9.26 Å². The van der Waals surface area contributed by atoms with Gasteiger partial charge in [-0.3, -0.25) is 4.90 Å². The largest absolute Gasteiger partial charge is 0.372 e. The monoisotopic (exact) mass is 372 g/mol. The third-order valence-electron chi connectivity index (χ3n) is 3.67. The quantitative estimate of drug-likeness (QED) is 0.709. The fourth-order valence-electron chi connectivity index (χ4n) is 2.36. The van der Waals surface area contributed by atoms with E-state index in [2.05, 4.69) is 10.1 Å². The molecule has 0 radical (unpaired) electrons. The molecule has 2 heterocycles. The number of rotatable bonds is 6. The molecular weight excluding hydrogens is 355 g/mol. The van der Waals surface area contributed by atoms with Crippen LogP contribution in [0.25, 0.3) is 11.3 Å². The number of nitrogens with zero attached hydrogens (tertiary/aromatic N) is 2. The summed E-state index contributed by atoms with van der Waals surface area (Å²) in [7, 11) is 0. The number of hydrogen-bond donors (Lipinski definition) is 0. The van der Waals surface area contributed by atoms with Gasteiger partial charge in [-0.2, -0.15) is 11.8 Å². The minimum Gasteiger partial charge on any atom is -0.372 e. The molecule has 0 N–H and O–H groups in total. The lowest BCUT2D eigenvalue weighted by Gasteiger charge is -2.25. The predicted molar refractivity (Wildman–Crippen MR) is 95.4 cm³/mol. The molecule has 1 aliphatic rings. The molecule has 0 saturated carbocycles. The average Bonchev–Trinajstić information content (AvgIpc) is 3.04. The van der Waals surface area contributed by atoms with Crippen LogP contribution >= 0.6 is 35.0 Å². The molecule has 3 rings (SSSR count). The van der Waals surface area contributed by atoms with E-state index >= 15 is 0 Å². The topological polar surface area (TPSA) is 38.5 Å². The molecule has 1 aromatic heterocycles. The maximum Gasteiger partial charge on any atom is 0.163 e. The van der Waals surface area contributed by atoms with Crippen LogP contribution in [-0.2, 0) is 11.3 Å². The highest BCUT2D eigenvalue weighted by Crippen LogP contribution is 2.28. The molecule has 0 spiro atoms. The number of ether oxygens (including phenoxy) is 1. The number of thioether (sulfide) groups is 1. The molecular formula is C16H18Cl2N2O2S. The van der Waals surface area contributed by atoms with Crippen molar-refractivity contribution >= 4 is 35.0 Å². The van der Waals surface area contributed by atoms with Gasteiger partial charge in [0, 0.05) is 42.8 Å². The standard InChI is InChI=1S/C16H18Cl2N2O2S/c17-14-2-1-12(9-15(14)18)16-10-13(22-19-16)11-21-6-3-20-4-7-23-8-5-20/h1-2,9-10H,3-8,11H2. The molecule has 4 nitrogen and oxygen atoms in total. The van der Waals surface area contributed by atoms with Gasteiger partial charge in [0.25, 0.3) is 0 Å². The third kappa shape index (κ3) is 4.88. The first-order valence-electron chi connectivity index (χ1n) is 7.51. The van der Waals surface area contributed by atoms with Crippen molar-refractivity contribution < 1.29 is 9.26 Å². The lowest BCUT2D eigenvalue weighted by Crippen LogP contribution is -2.35. The van der Waals surface area contributed by atoms with Crippen molar-refractivity contribution in [3.63, 3.8) is 0 Å². The van der Waals surface area contributed by atoms with Crippen LogP contribution in [0.5, 0.6) is 0 Å². The summed E-state index contributed by atoms with van der Waals surface area (Å²) in [5, 5.41) is 5.09. The molecule has 1 fully saturated rings. The lowest BCUT2D eigenvalue weighted by molar-refractivity contribution is 0.0807. The van der Waals surface area contributed by atoms with E-state index in [0.29, 0.717) is 29.0 Å². The predicted octanol–water partition coefficient (Wildman–Crippen LogP) is 4.21. The van der Waals surface area contributed by atoms with Crippen molar-refractivity contribution in [1.82, 2.24) is 10.1 Å². The zero-order chi connectivity index (χ0) is 16.1. The molecule has 0 atom stereocenters. The molecule has 1 saturated heterocycles. The van der Waals surface area contributed by atoms with Crippen molar-refractivity contribution in [1.29, 1.82) is 0 Å². The highest BCUT2D eigenvalue weighted by atomic mass is 35.5. The number of halogens is 2. The summed E-state index contributed by atoms with van der Waals surface area (Å²) in [5.74, 6) is 3.14. The van der Waals surface area contributed by atoms with Gasteiger partial charge in [-0.25, -0.2) is 0 Å². The minimum atomic E-state index is 0.427. The first-order valence-corrected chi connectivity index (χ1v) is 9.42. The van der Waals surface area contributed by atoms with E-state index in [1.807, 2.05) is 23.9 Å². The van der Waals surface area contributed by atoms with Gasteiger partial charge in [0.15, 0.2) is 5.76 Å². The fourth-order valence-corrected chi connectivity index (χ4v) is 3.64. The summed E-state index contributed by atoms with van der Waals surface area (Å²) < 4.78 is 11.0. The van der Waals surface area contributed by atoms with Crippen molar-refractivity contribution in [2.45, 2.75) is 6.61 Å². The van der Waals surface area contributed by atoms with E-state index in [1.165, 1.54) is 11.5 Å². The van der Waals surface area contributed by atoms with E-state index in [0.717, 1.165) is 30.9 Å². The van der Waals surface area contributed by atoms with Gasteiger partial charge in [-0.05, 0) is 12.1 Å². The van der Waals surface area contributed by atoms with Gasteiger partial charge >= 0.3 is 0 Å². The van der Waals surface area contributed by atoms with Crippen molar-refractivity contribution in [2.75, 3.05) is 37.7 Å². The second-order valence-electron chi connectivity index (χ2n) is 5.31. The zero-order valence-electron chi connectivity index (χ0n) is 12.6. The summed E-state index contributed by atoms with van der Waals surface area (Å²) >= 11 is 14.0. The van der Waals surface area contributed by atoms with Crippen LogP contribution in [-0.4, -0.2) is 47.8 Å². The summed E-state index contributed by atoms with van der Waals surface area (Å²) in [4.78, 5) is 2.43. The average molecular weight is 373 g/mol. The van der Waals surface area contributed by atoms with E-state index in [9.17, 15) is 0 Å². The lowest BCUT2D eigenvalue weighted by atomic mass is 10.1. The SMILES string of the molecule is Clc1ccc(-c2cc(COCCN3CCSCC3)on2)cc1Cl. The van der Waals surface area contributed by atoms with E-state index in [-0.39, 0.29) is 0 Å². The fraction of sp³-hybridized carbons (Fsp3) is 0.438. The van der Waals surface area contributed by atoms with Gasteiger partial charge in [-0.1, -0.05) is 34.4 Å². The number of hydrogen-bond acceptors (Lipinski definition) is 5. The van der Waals surface area contributed by atoms with Crippen molar-refractivity contribution in [3.8, 4) is 11.3 Å². The first-order chi connectivity index (χ1) is 11.2. The third-order valence-corrected chi connectivity index (χ3v) is 5.36. The van der Waals surface area contributed by atoms with Gasteiger partial charge in [0.05, 0.1) is 16.7 Å². The summed E-state index contributed by atoms with van der Waals surface area (Å²) in [6.45, 7) is 4.40. The smallest absolute Gasteiger partial charge is 0.163 e. The molecule has 1 aromatic carbocycles. The van der Waals surface area contributed by atoms with Crippen LogP contribution in [0, 0.1) is 0 Å². The molecule has 0 unspecified atom stereocenters. The molecule has 0 amide bonds. The van der Waals surface area contributed by atoms with E-state index < -0.39 is 0 Å². The summed E-state index contributed by atoms with van der Waals surface area (Å²) in [6, 6.07) is 7.27. The number of benzene rings is 1. The Kier molecular flexibility index (Phi) is 6.25. The summed E-state index contributed by atoms with van der Waals surface area (Å²) in [6.07, 6.45) is 0. The summed E-state index contributed by atoms with van der Waals surface area (Å²) in [5.41, 5.74) is 1.61. The van der Waals surface area contributed by atoms with Crippen LogP contribution in [0.3, 0.4) is 0 Å². The second kappa shape index (κ2) is 8.40. The Morgan fingerprint density at radius 3 is 2.78 bits per heavy atom. The molecule has 2 aromatic rings. The van der Waals surface area contributed by atoms with Crippen LogP contribution in [0.15, 0.2) is 28.8 Å². The van der Waals surface area contributed by atoms with Gasteiger partial charge in [0.2, 0.25) is 0 Å². The maximum atomic E-state index is 6.03.